The maximum atomic E-state index is 12.7. The van der Waals surface area contributed by atoms with Crippen LogP contribution in [-0.2, 0) is 14.3 Å². The quantitative estimate of drug-likeness (QED) is 0.808. The number of amides is 1. The Kier molecular flexibility index (Phi) is 6.48. The smallest absolute Gasteiger partial charge is 0.251 e. The number of hydrogen-bond acceptors (Lipinski definition) is 5. The molecule has 0 aromatic heterocycles. The first-order valence-corrected chi connectivity index (χ1v) is 9.45. The number of nitriles is 1. The van der Waals surface area contributed by atoms with Crippen molar-refractivity contribution < 1.29 is 14.3 Å². The van der Waals surface area contributed by atoms with Gasteiger partial charge in [0.25, 0.3) is 5.91 Å². The normalized spacial score (nSPS) is 21.9. The third-order valence-corrected chi connectivity index (χ3v) is 5.08. The third kappa shape index (κ3) is 4.54. The number of para-hydroxylation sites is 1. The number of anilines is 1. The molecule has 2 fully saturated rings. The second kappa shape index (κ2) is 9.02. The van der Waals surface area contributed by atoms with Gasteiger partial charge in [0.15, 0.2) is 0 Å². The molecule has 1 aromatic rings. The Morgan fingerprint density at radius 1 is 1.31 bits per heavy atom. The molecule has 6 nitrogen and oxygen atoms in total. The summed E-state index contributed by atoms with van der Waals surface area (Å²) >= 11 is 0. The maximum absolute atomic E-state index is 12.7. The SMILES string of the molecule is C[C@H](OC[C@H]1CCCO1)C(=O)N1CCCN(c2ccccc2C#N)CC1. The van der Waals surface area contributed by atoms with E-state index in [0.29, 0.717) is 18.7 Å². The van der Waals surface area contributed by atoms with Crippen LogP contribution < -0.4 is 4.90 Å². The minimum atomic E-state index is -0.447. The van der Waals surface area contributed by atoms with Gasteiger partial charge in [0.05, 0.1) is 24.0 Å². The van der Waals surface area contributed by atoms with Crippen LogP contribution in [0.2, 0.25) is 0 Å². The lowest BCUT2D eigenvalue weighted by atomic mass is 10.1. The summed E-state index contributed by atoms with van der Waals surface area (Å²) in [5, 5.41) is 9.31. The monoisotopic (exact) mass is 357 g/mol. The molecule has 26 heavy (non-hydrogen) atoms. The molecular formula is C20H27N3O3. The molecule has 0 saturated carbocycles. The summed E-state index contributed by atoms with van der Waals surface area (Å²) in [5.41, 5.74) is 1.63. The zero-order valence-corrected chi connectivity index (χ0v) is 15.4. The molecule has 0 N–H and O–H groups in total. The van der Waals surface area contributed by atoms with Gasteiger partial charge in [-0.3, -0.25) is 4.79 Å². The lowest BCUT2D eigenvalue weighted by Crippen LogP contribution is -2.42. The fraction of sp³-hybridized carbons (Fsp3) is 0.600. The first-order chi connectivity index (χ1) is 12.7. The molecule has 0 bridgehead atoms. The van der Waals surface area contributed by atoms with E-state index in [4.69, 9.17) is 9.47 Å². The fourth-order valence-electron chi connectivity index (χ4n) is 3.58. The highest BCUT2D eigenvalue weighted by molar-refractivity contribution is 5.80. The summed E-state index contributed by atoms with van der Waals surface area (Å²) in [6, 6.07) is 9.90. The number of hydrogen-bond donors (Lipinski definition) is 0. The summed E-state index contributed by atoms with van der Waals surface area (Å²) in [6.45, 7) is 6.04. The molecule has 2 heterocycles. The second-order valence-corrected chi connectivity index (χ2v) is 6.91. The van der Waals surface area contributed by atoms with E-state index < -0.39 is 6.10 Å². The average Bonchev–Trinajstić information content (AvgIpc) is 3.08. The number of rotatable bonds is 5. The van der Waals surface area contributed by atoms with E-state index in [2.05, 4.69) is 11.0 Å². The zero-order chi connectivity index (χ0) is 18.4. The van der Waals surface area contributed by atoms with Crippen LogP contribution in [0, 0.1) is 11.3 Å². The summed E-state index contributed by atoms with van der Waals surface area (Å²) in [4.78, 5) is 16.8. The molecule has 2 atom stereocenters. The minimum absolute atomic E-state index is 0.0402. The van der Waals surface area contributed by atoms with E-state index >= 15 is 0 Å². The van der Waals surface area contributed by atoms with Gasteiger partial charge < -0.3 is 19.3 Å². The Balaban J connectivity index is 1.54. The van der Waals surface area contributed by atoms with Gasteiger partial charge in [-0.15, -0.1) is 0 Å². The van der Waals surface area contributed by atoms with E-state index in [1.807, 2.05) is 36.1 Å². The van der Waals surface area contributed by atoms with Crippen molar-refractivity contribution in [1.82, 2.24) is 4.90 Å². The Morgan fingerprint density at radius 2 is 2.15 bits per heavy atom. The molecule has 0 spiro atoms. The maximum Gasteiger partial charge on any atom is 0.251 e. The highest BCUT2D eigenvalue weighted by atomic mass is 16.5. The fourth-order valence-corrected chi connectivity index (χ4v) is 3.58. The van der Waals surface area contributed by atoms with Crippen molar-refractivity contribution in [1.29, 1.82) is 5.26 Å². The summed E-state index contributed by atoms with van der Waals surface area (Å²) in [7, 11) is 0. The molecule has 0 aliphatic carbocycles. The van der Waals surface area contributed by atoms with Crippen molar-refractivity contribution >= 4 is 11.6 Å². The first-order valence-electron chi connectivity index (χ1n) is 9.45. The molecule has 140 valence electrons. The highest BCUT2D eigenvalue weighted by Gasteiger charge is 2.26. The van der Waals surface area contributed by atoms with Crippen molar-refractivity contribution in [2.45, 2.75) is 38.4 Å². The van der Waals surface area contributed by atoms with Gasteiger partial charge in [-0.2, -0.15) is 5.26 Å². The van der Waals surface area contributed by atoms with E-state index in [-0.39, 0.29) is 12.0 Å². The molecule has 0 radical (unpaired) electrons. The summed E-state index contributed by atoms with van der Waals surface area (Å²) in [5.74, 6) is 0.0402. The lowest BCUT2D eigenvalue weighted by molar-refractivity contribution is -0.144. The van der Waals surface area contributed by atoms with Crippen LogP contribution in [0.25, 0.3) is 0 Å². The molecule has 6 heteroatoms. The third-order valence-electron chi connectivity index (χ3n) is 5.08. The average molecular weight is 357 g/mol. The van der Waals surface area contributed by atoms with Crippen molar-refractivity contribution in [3.8, 4) is 6.07 Å². The Morgan fingerprint density at radius 3 is 2.92 bits per heavy atom. The molecule has 0 unspecified atom stereocenters. The molecule has 2 aliphatic heterocycles. The topological polar surface area (TPSA) is 65.8 Å². The molecular weight excluding hydrogens is 330 g/mol. The predicted molar refractivity (Wildman–Crippen MR) is 99.0 cm³/mol. The van der Waals surface area contributed by atoms with Gasteiger partial charge in [-0.1, -0.05) is 12.1 Å². The number of carbonyl (C=O) groups is 1. The van der Waals surface area contributed by atoms with Gasteiger partial charge in [-0.05, 0) is 38.3 Å². The van der Waals surface area contributed by atoms with Crippen molar-refractivity contribution in [2.75, 3.05) is 44.3 Å². The Bertz CT molecular complexity index is 652. The van der Waals surface area contributed by atoms with Crippen LogP contribution in [0.3, 0.4) is 0 Å². The van der Waals surface area contributed by atoms with Gasteiger partial charge in [0, 0.05) is 32.8 Å². The van der Waals surface area contributed by atoms with Gasteiger partial charge in [0.2, 0.25) is 0 Å². The van der Waals surface area contributed by atoms with Crippen LogP contribution in [-0.4, -0.2) is 62.4 Å². The van der Waals surface area contributed by atoms with Crippen LogP contribution in [0.1, 0.15) is 31.7 Å². The summed E-state index contributed by atoms with van der Waals surface area (Å²) < 4.78 is 11.3. The van der Waals surface area contributed by atoms with Crippen molar-refractivity contribution in [3.63, 3.8) is 0 Å². The van der Waals surface area contributed by atoms with E-state index in [1.54, 1.807) is 0 Å². The number of ether oxygens (including phenoxy) is 2. The van der Waals surface area contributed by atoms with Crippen LogP contribution in [0.15, 0.2) is 24.3 Å². The van der Waals surface area contributed by atoms with Crippen LogP contribution >= 0.6 is 0 Å². The number of benzene rings is 1. The van der Waals surface area contributed by atoms with E-state index in [9.17, 15) is 10.1 Å². The van der Waals surface area contributed by atoms with Gasteiger partial charge in [-0.25, -0.2) is 0 Å². The van der Waals surface area contributed by atoms with Crippen molar-refractivity contribution in [2.24, 2.45) is 0 Å². The molecule has 2 saturated heterocycles. The van der Waals surface area contributed by atoms with Gasteiger partial charge in [0.1, 0.15) is 12.2 Å². The lowest BCUT2D eigenvalue weighted by Gasteiger charge is -2.26. The van der Waals surface area contributed by atoms with Crippen LogP contribution in [0.5, 0.6) is 0 Å². The largest absolute Gasteiger partial charge is 0.376 e. The van der Waals surface area contributed by atoms with Crippen molar-refractivity contribution in [3.05, 3.63) is 29.8 Å². The Labute approximate surface area is 155 Å². The Hall–Kier alpha value is -2.10. The second-order valence-electron chi connectivity index (χ2n) is 6.91. The molecule has 2 aliphatic rings. The summed E-state index contributed by atoms with van der Waals surface area (Å²) in [6.07, 6.45) is 2.65. The molecule has 1 amide bonds. The van der Waals surface area contributed by atoms with E-state index in [0.717, 1.165) is 51.2 Å². The highest BCUT2D eigenvalue weighted by Crippen LogP contribution is 2.21. The number of carbonyl (C=O) groups excluding carboxylic acids is 1. The standard InChI is InChI=1S/C20H27N3O3/c1-16(26-15-18-7-4-13-25-18)20(24)23-10-5-9-22(11-12-23)19-8-3-2-6-17(19)14-21/h2-3,6,8,16,18H,4-5,7,9-13,15H2,1H3/t16-,18+/m0/s1. The zero-order valence-electron chi connectivity index (χ0n) is 15.4. The number of nitrogens with zero attached hydrogens (tertiary/aromatic N) is 3. The molecule has 3 rings (SSSR count). The predicted octanol–water partition coefficient (Wildman–Crippen LogP) is 2.18. The van der Waals surface area contributed by atoms with Gasteiger partial charge >= 0.3 is 0 Å². The van der Waals surface area contributed by atoms with E-state index in [1.165, 1.54) is 0 Å². The minimum Gasteiger partial charge on any atom is -0.376 e. The van der Waals surface area contributed by atoms with Crippen LogP contribution in [0.4, 0.5) is 5.69 Å². The molecule has 1 aromatic carbocycles. The first kappa shape index (κ1) is 18.7.